The number of anilines is 2. The highest BCUT2D eigenvalue weighted by Crippen LogP contribution is 2.30. The van der Waals surface area contributed by atoms with Crippen molar-refractivity contribution in [3.8, 4) is 5.75 Å². The number of halogens is 1. The van der Waals surface area contributed by atoms with Gasteiger partial charge < -0.3 is 10.1 Å². The van der Waals surface area contributed by atoms with E-state index in [4.69, 9.17) is 4.74 Å². The van der Waals surface area contributed by atoms with E-state index in [2.05, 4.69) is 10.0 Å². The van der Waals surface area contributed by atoms with Gasteiger partial charge in [0.05, 0.1) is 28.2 Å². The van der Waals surface area contributed by atoms with Crippen molar-refractivity contribution in [3.05, 3.63) is 78.1 Å². The normalized spacial score (nSPS) is 11.6. The molecule has 0 atom stereocenters. The summed E-state index contributed by atoms with van der Waals surface area (Å²) in [6, 6.07) is 14.2. The molecule has 0 saturated carbocycles. The minimum atomic E-state index is -4.07. The number of rotatable bonds is 7. The fraction of sp³-hybridized carbons (Fsp3) is 0.0952. The highest BCUT2D eigenvalue weighted by molar-refractivity contribution is 7.92. The summed E-state index contributed by atoms with van der Waals surface area (Å²) in [6.07, 6.45) is 0.995. The summed E-state index contributed by atoms with van der Waals surface area (Å²) < 4.78 is 69.9. The van der Waals surface area contributed by atoms with Crippen LogP contribution >= 0.6 is 0 Å². The molecule has 3 rings (SSSR count). The van der Waals surface area contributed by atoms with Crippen LogP contribution in [-0.2, 0) is 19.9 Å². The van der Waals surface area contributed by atoms with Gasteiger partial charge >= 0.3 is 0 Å². The maximum Gasteiger partial charge on any atom is 0.262 e. The van der Waals surface area contributed by atoms with Crippen molar-refractivity contribution >= 4 is 37.1 Å². The zero-order valence-electron chi connectivity index (χ0n) is 17.0. The molecule has 0 spiro atoms. The van der Waals surface area contributed by atoms with E-state index in [9.17, 15) is 26.0 Å². The molecule has 0 fully saturated rings. The lowest BCUT2D eigenvalue weighted by molar-refractivity contribution is 0.102. The number of nitrogens with one attached hydrogen (secondary N) is 2. The fourth-order valence-corrected chi connectivity index (χ4v) is 4.81. The van der Waals surface area contributed by atoms with E-state index in [0.29, 0.717) is 0 Å². The molecule has 0 aliphatic heterocycles. The third kappa shape index (κ3) is 5.24. The molecular weight excluding hydrogens is 459 g/mol. The number of ether oxygens (including phenoxy) is 1. The number of hydrogen-bond acceptors (Lipinski definition) is 6. The van der Waals surface area contributed by atoms with Crippen molar-refractivity contribution in [2.24, 2.45) is 0 Å². The van der Waals surface area contributed by atoms with E-state index in [1.807, 2.05) is 0 Å². The predicted octanol–water partition coefficient (Wildman–Crippen LogP) is 3.29. The van der Waals surface area contributed by atoms with Crippen molar-refractivity contribution in [2.45, 2.75) is 9.79 Å². The van der Waals surface area contributed by atoms with Gasteiger partial charge in [0.25, 0.3) is 15.9 Å². The molecule has 0 bridgehead atoms. The van der Waals surface area contributed by atoms with Gasteiger partial charge in [-0.05, 0) is 54.6 Å². The van der Waals surface area contributed by atoms with Crippen molar-refractivity contribution in [2.75, 3.05) is 23.4 Å². The topological polar surface area (TPSA) is 119 Å². The van der Waals surface area contributed by atoms with Gasteiger partial charge in [-0.1, -0.05) is 12.1 Å². The molecule has 1 amide bonds. The summed E-state index contributed by atoms with van der Waals surface area (Å²) in [4.78, 5) is 12.4. The first-order valence-electron chi connectivity index (χ1n) is 9.08. The van der Waals surface area contributed by atoms with Crippen LogP contribution in [-0.4, -0.2) is 36.1 Å². The number of amides is 1. The van der Waals surface area contributed by atoms with E-state index < -0.39 is 31.6 Å². The third-order valence-corrected chi connectivity index (χ3v) is 6.89. The van der Waals surface area contributed by atoms with E-state index in [0.717, 1.165) is 30.5 Å². The minimum absolute atomic E-state index is 0.0195. The van der Waals surface area contributed by atoms with Gasteiger partial charge in [0, 0.05) is 11.9 Å². The van der Waals surface area contributed by atoms with Crippen molar-refractivity contribution in [1.29, 1.82) is 0 Å². The highest BCUT2D eigenvalue weighted by Gasteiger charge is 2.20. The molecule has 168 valence electrons. The molecule has 0 aliphatic rings. The molecule has 2 N–H and O–H groups in total. The van der Waals surface area contributed by atoms with Crippen LogP contribution in [0.25, 0.3) is 0 Å². The summed E-state index contributed by atoms with van der Waals surface area (Å²) in [7, 11) is -6.38. The third-order valence-electron chi connectivity index (χ3n) is 4.36. The Balaban J connectivity index is 1.92. The van der Waals surface area contributed by atoms with Crippen molar-refractivity contribution in [3.63, 3.8) is 0 Å². The van der Waals surface area contributed by atoms with Crippen LogP contribution in [0, 0.1) is 5.82 Å². The van der Waals surface area contributed by atoms with E-state index in [1.165, 1.54) is 49.6 Å². The first-order valence-corrected chi connectivity index (χ1v) is 12.5. The number of benzene rings is 3. The van der Waals surface area contributed by atoms with Crippen LogP contribution in [0.4, 0.5) is 15.8 Å². The van der Waals surface area contributed by atoms with Gasteiger partial charge in [-0.2, -0.15) is 0 Å². The summed E-state index contributed by atoms with van der Waals surface area (Å²) in [6.45, 7) is 0. The maximum absolute atomic E-state index is 13.1. The summed E-state index contributed by atoms with van der Waals surface area (Å²) in [5.74, 6) is -1.10. The van der Waals surface area contributed by atoms with E-state index >= 15 is 0 Å². The second-order valence-corrected chi connectivity index (χ2v) is 10.4. The Morgan fingerprint density at radius 1 is 0.938 bits per heavy atom. The molecule has 8 nitrogen and oxygen atoms in total. The smallest absolute Gasteiger partial charge is 0.262 e. The second-order valence-electron chi connectivity index (χ2n) is 6.70. The van der Waals surface area contributed by atoms with Gasteiger partial charge in [0.1, 0.15) is 11.6 Å². The molecule has 0 heterocycles. The molecule has 3 aromatic carbocycles. The number of sulfonamides is 1. The molecule has 0 saturated heterocycles. The lowest BCUT2D eigenvalue weighted by Crippen LogP contribution is -2.17. The standard InChI is InChI=1S/C21H19FN2O6S2/c1-30-19-12-9-15(23-21(25)17-5-3-4-6-20(17)31(2,26)27)13-18(19)24-32(28,29)16-10-7-14(22)8-11-16/h3-13,24H,1-2H3,(H,23,25). The van der Waals surface area contributed by atoms with Gasteiger partial charge in [0.15, 0.2) is 9.84 Å². The van der Waals surface area contributed by atoms with Gasteiger partial charge in [-0.25, -0.2) is 21.2 Å². The molecule has 0 unspecified atom stereocenters. The van der Waals surface area contributed by atoms with Crippen LogP contribution in [0.1, 0.15) is 10.4 Å². The predicted molar refractivity (Wildman–Crippen MR) is 118 cm³/mol. The largest absolute Gasteiger partial charge is 0.495 e. The average molecular weight is 479 g/mol. The van der Waals surface area contributed by atoms with Gasteiger partial charge in [-0.3, -0.25) is 9.52 Å². The maximum atomic E-state index is 13.1. The average Bonchev–Trinajstić information content (AvgIpc) is 2.73. The summed E-state index contributed by atoms with van der Waals surface area (Å²) >= 11 is 0. The van der Waals surface area contributed by atoms with Gasteiger partial charge in [0.2, 0.25) is 0 Å². The molecular formula is C21H19FN2O6S2. The van der Waals surface area contributed by atoms with Crippen LogP contribution in [0.5, 0.6) is 5.75 Å². The first-order chi connectivity index (χ1) is 15.0. The first kappa shape index (κ1) is 23.2. The van der Waals surface area contributed by atoms with Crippen molar-refractivity contribution in [1.82, 2.24) is 0 Å². The monoisotopic (exact) mass is 478 g/mol. The minimum Gasteiger partial charge on any atom is -0.495 e. The van der Waals surface area contributed by atoms with Crippen LogP contribution < -0.4 is 14.8 Å². The molecule has 3 aromatic rings. The second kappa shape index (κ2) is 8.97. The summed E-state index contributed by atoms with van der Waals surface area (Å²) in [5.41, 5.74) is 0.154. The lowest BCUT2D eigenvalue weighted by atomic mass is 10.2. The Bertz CT molecular complexity index is 1370. The molecule has 0 aromatic heterocycles. The number of methoxy groups -OCH3 is 1. The fourth-order valence-electron chi connectivity index (χ4n) is 2.86. The van der Waals surface area contributed by atoms with Crippen molar-refractivity contribution < 1.29 is 30.8 Å². The number of carbonyl (C=O) groups excluding carboxylic acids is 1. The van der Waals surface area contributed by atoms with Gasteiger partial charge in [-0.15, -0.1) is 0 Å². The molecule has 11 heteroatoms. The molecule has 0 aliphatic carbocycles. The lowest BCUT2D eigenvalue weighted by Gasteiger charge is -2.14. The zero-order valence-corrected chi connectivity index (χ0v) is 18.6. The Hall–Kier alpha value is -3.44. The summed E-state index contributed by atoms with van der Waals surface area (Å²) in [5, 5.41) is 2.55. The SMILES string of the molecule is COc1ccc(NC(=O)c2ccccc2S(C)(=O)=O)cc1NS(=O)(=O)c1ccc(F)cc1. The zero-order chi connectivity index (χ0) is 23.5. The van der Waals surface area contributed by atoms with E-state index in [-0.39, 0.29) is 32.5 Å². The Labute approximate surface area is 185 Å². The van der Waals surface area contributed by atoms with E-state index in [1.54, 1.807) is 0 Å². The number of carbonyl (C=O) groups is 1. The van der Waals surface area contributed by atoms with Crippen LogP contribution in [0.3, 0.4) is 0 Å². The highest BCUT2D eigenvalue weighted by atomic mass is 32.2. The Morgan fingerprint density at radius 2 is 1.59 bits per heavy atom. The Morgan fingerprint density at radius 3 is 2.22 bits per heavy atom. The molecule has 32 heavy (non-hydrogen) atoms. The Kier molecular flexibility index (Phi) is 6.51. The number of sulfone groups is 1. The molecule has 0 radical (unpaired) electrons. The van der Waals surface area contributed by atoms with Crippen LogP contribution in [0.15, 0.2) is 76.5 Å². The quantitative estimate of drug-likeness (QED) is 0.538. The van der Waals surface area contributed by atoms with Crippen LogP contribution in [0.2, 0.25) is 0 Å². The number of hydrogen-bond donors (Lipinski definition) is 2.